The predicted molar refractivity (Wildman–Crippen MR) is 82.9 cm³/mol. The monoisotopic (exact) mass is 326 g/mol. The second-order valence-corrected chi connectivity index (χ2v) is 5.87. The van der Waals surface area contributed by atoms with Crippen molar-refractivity contribution in [2.75, 3.05) is 39.8 Å². The third-order valence-corrected chi connectivity index (χ3v) is 4.24. The molecule has 19 heavy (non-hydrogen) atoms. The molecule has 0 aliphatic carbocycles. The van der Waals surface area contributed by atoms with Gasteiger partial charge in [0.2, 0.25) is 0 Å². The van der Waals surface area contributed by atoms with Gasteiger partial charge in [-0.05, 0) is 59.4 Å². The zero-order chi connectivity index (χ0) is 13.5. The van der Waals surface area contributed by atoms with E-state index in [1.165, 1.54) is 38.0 Å². The molecule has 0 bridgehead atoms. The van der Waals surface area contributed by atoms with Crippen molar-refractivity contribution >= 4 is 15.9 Å². The third-order valence-electron chi connectivity index (χ3n) is 3.62. The van der Waals surface area contributed by atoms with Crippen LogP contribution in [-0.4, -0.2) is 44.7 Å². The average molecular weight is 327 g/mol. The second kappa shape index (κ2) is 7.88. The van der Waals surface area contributed by atoms with Gasteiger partial charge in [0.15, 0.2) is 0 Å². The van der Waals surface area contributed by atoms with Crippen molar-refractivity contribution in [1.29, 1.82) is 0 Å². The molecule has 4 heteroatoms. The molecule has 0 atom stereocenters. The molecule has 106 valence electrons. The van der Waals surface area contributed by atoms with Crippen LogP contribution in [0.3, 0.4) is 0 Å². The molecule has 2 rings (SSSR count). The summed E-state index contributed by atoms with van der Waals surface area (Å²) < 4.78 is 6.30. The van der Waals surface area contributed by atoms with E-state index >= 15 is 0 Å². The van der Waals surface area contributed by atoms with Crippen LogP contribution in [-0.2, 0) is 6.42 Å². The van der Waals surface area contributed by atoms with Gasteiger partial charge in [-0.3, -0.25) is 0 Å². The summed E-state index contributed by atoms with van der Waals surface area (Å²) in [6, 6.07) is 6.37. The van der Waals surface area contributed by atoms with Crippen LogP contribution in [0.2, 0.25) is 0 Å². The highest BCUT2D eigenvalue weighted by atomic mass is 79.9. The van der Waals surface area contributed by atoms with Gasteiger partial charge in [-0.1, -0.05) is 6.07 Å². The Kier molecular flexibility index (Phi) is 6.14. The molecule has 3 nitrogen and oxygen atoms in total. The Morgan fingerprint density at radius 2 is 2.05 bits per heavy atom. The molecule has 1 aliphatic heterocycles. The number of rotatable bonds is 6. The van der Waals surface area contributed by atoms with Crippen LogP contribution in [0.5, 0.6) is 5.75 Å². The van der Waals surface area contributed by atoms with Crippen molar-refractivity contribution < 1.29 is 4.74 Å². The lowest BCUT2D eigenvalue weighted by Crippen LogP contribution is -2.43. The fourth-order valence-electron chi connectivity index (χ4n) is 2.46. The molecule has 0 unspecified atom stereocenters. The highest BCUT2D eigenvalue weighted by Crippen LogP contribution is 2.26. The average Bonchev–Trinajstić information content (AvgIpc) is 2.45. The number of nitrogens with one attached hydrogen (secondary N) is 1. The quantitative estimate of drug-likeness (QED) is 0.813. The summed E-state index contributed by atoms with van der Waals surface area (Å²) in [4.78, 5) is 2.56. The summed E-state index contributed by atoms with van der Waals surface area (Å²) in [5.41, 5.74) is 1.38. The molecule has 0 aromatic heterocycles. The van der Waals surface area contributed by atoms with E-state index < -0.39 is 0 Å². The van der Waals surface area contributed by atoms with Crippen molar-refractivity contribution in [2.45, 2.75) is 19.3 Å². The number of hydrogen-bond acceptors (Lipinski definition) is 3. The molecule has 1 heterocycles. The van der Waals surface area contributed by atoms with Crippen LogP contribution in [0, 0.1) is 0 Å². The molecule has 0 radical (unpaired) electrons. The number of ether oxygens (including phenoxy) is 1. The molecular formula is C15H23BrN2O. The van der Waals surface area contributed by atoms with Crippen LogP contribution >= 0.6 is 15.9 Å². The largest absolute Gasteiger partial charge is 0.496 e. The van der Waals surface area contributed by atoms with Crippen molar-refractivity contribution in [3.05, 3.63) is 28.2 Å². The maximum absolute atomic E-state index is 5.25. The number of benzene rings is 1. The summed E-state index contributed by atoms with van der Waals surface area (Å²) in [7, 11) is 1.70. The maximum Gasteiger partial charge on any atom is 0.133 e. The Bertz CT molecular complexity index is 392. The Balaban J connectivity index is 1.69. The smallest absolute Gasteiger partial charge is 0.133 e. The molecule has 1 N–H and O–H groups in total. The molecule has 0 amide bonds. The lowest BCUT2D eigenvalue weighted by atomic mass is 10.1. The molecule has 0 spiro atoms. The SMILES string of the molecule is COc1ccc(CCCCN2CCNCC2)cc1Br. The van der Waals surface area contributed by atoms with Gasteiger partial charge in [-0.15, -0.1) is 0 Å². The minimum atomic E-state index is 0.907. The molecule has 1 saturated heterocycles. The predicted octanol–water partition coefficient (Wildman–Crippen LogP) is 2.69. The van der Waals surface area contributed by atoms with E-state index in [1.54, 1.807) is 7.11 Å². The van der Waals surface area contributed by atoms with Gasteiger partial charge in [0.25, 0.3) is 0 Å². The van der Waals surface area contributed by atoms with Crippen molar-refractivity contribution in [1.82, 2.24) is 10.2 Å². The van der Waals surface area contributed by atoms with Gasteiger partial charge in [0, 0.05) is 26.2 Å². The Morgan fingerprint density at radius 1 is 1.26 bits per heavy atom. The highest BCUT2D eigenvalue weighted by Gasteiger charge is 2.08. The summed E-state index contributed by atoms with van der Waals surface area (Å²) in [5.74, 6) is 0.907. The number of unbranched alkanes of at least 4 members (excludes halogenated alkanes) is 1. The summed E-state index contributed by atoms with van der Waals surface area (Å²) in [5, 5.41) is 3.39. The summed E-state index contributed by atoms with van der Waals surface area (Å²) in [6.07, 6.45) is 3.68. The van der Waals surface area contributed by atoms with Crippen molar-refractivity contribution in [3.63, 3.8) is 0 Å². The van der Waals surface area contributed by atoms with Crippen LogP contribution in [0.1, 0.15) is 18.4 Å². The van der Waals surface area contributed by atoms with E-state index in [0.29, 0.717) is 0 Å². The molecule has 0 saturated carbocycles. The van der Waals surface area contributed by atoms with Crippen LogP contribution < -0.4 is 10.1 Å². The number of nitrogens with zero attached hydrogens (tertiary/aromatic N) is 1. The highest BCUT2D eigenvalue weighted by molar-refractivity contribution is 9.10. The molecule has 1 aromatic rings. The van der Waals surface area contributed by atoms with Gasteiger partial charge in [-0.25, -0.2) is 0 Å². The van der Waals surface area contributed by atoms with E-state index in [4.69, 9.17) is 4.74 Å². The van der Waals surface area contributed by atoms with E-state index in [2.05, 4.69) is 38.3 Å². The number of halogens is 1. The zero-order valence-corrected chi connectivity index (χ0v) is 13.2. The molecule has 1 fully saturated rings. The number of methoxy groups -OCH3 is 1. The number of aryl methyl sites for hydroxylation is 1. The van der Waals surface area contributed by atoms with E-state index in [0.717, 1.165) is 29.7 Å². The zero-order valence-electron chi connectivity index (χ0n) is 11.6. The first-order chi connectivity index (χ1) is 9.29. The van der Waals surface area contributed by atoms with Crippen molar-refractivity contribution in [3.8, 4) is 5.75 Å². The Morgan fingerprint density at radius 3 is 2.74 bits per heavy atom. The minimum Gasteiger partial charge on any atom is -0.496 e. The first-order valence-corrected chi connectivity index (χ1v) is 7.84. The molecule has 1 aliphatic rings. The van der Waals surface area contributed by atoms with Gasteiger partial charge in [-0.2, -0.15) is 0 Å². The van der Waals surface area contributed by atoms with Gasteiger partial charge < -0.3 is 15.0 Å². The van der Waals surface area contributed by atoms with Gasteiger partial charge >= 0.3 is 0 Å². The van der Waals surface area contributed by atoms with E-state index in [-0.39, 0.29) is 0 Å². The summed E-state index contributed by atoms with van der Waals surface area (Å²) >= 11 is 3.54. The normalized spacial score (nSPS) is 16.5. The molecule has 1 aromatic carbocycles. The molecular weight excluding hydrogens is 304 g/mol. The lowest BCUT2D eigenvalue weighted by molar-refractivity contribution is 0.237. The van der Waals surface area contributed by atoms with Crippen LogP contribution in [0.15, 0.2) is 22.7 Å². The fourth-order valence-corrected chi connectivity index (χ4v) is 3.05. The van der Waals surface area contributed by atoms with E-state index in [9.17, 15) is 0 Å². The fraction of sp³-hybridized carbons (Fsp3) is 0.600. The minimum absolute atomic E-state index is 0.907. The van der Waals surface area contributed by atoms with Crippen LogP contribution in [0.25, 0.3) is 0 Å². The number of piperazine rings is 1. The Hall–Kier alpha value is -0.580. The standard InChI is InChI=1S/C15H23BrN2O/c1-19-15-6-5-13(12-14(15)16)4-2-3-9-18-10-7-17-8-11-18/h5-6,12,17H,2-4,7-11H2,1H3. The second-order valence-electron chi connectivity index (χ2n) is 5.02. The lowest BCUT2D eigenvalue weighted by Gasteiger charge is -2.27. The third kappa shape index (κ3) is 4.79. The summed E-state index contributed by atoms with van der Waals surface area (Å²) in [6.45, 7) is 5.93. The topological polar surface area (TPSA) is 24.5 Å². The van der Waals surface area contributed by atoms with E-state index in [1.807, 2.05) is 6.07 Å². The van der Waals surface area contributed by atoms with Gasteiger partial charge in [0.1, 0.15) is 5.75 Å². The maximum atomic E-state index is 5.25. The number of hydrogen-bond donors (Lipinski definition) is 1. The first-order valence-electron chi connectivity index (χ1n) is 7.05. The Labute approximate surface area is 124 Å². The van der Waals surface area contributed by atoms with Gasteiger partial charge in [0.05, 0.1) is 11.6 Å². The van der Waals surface area contributed by atoms with Crippen LogP contribution in [0.4, 0.5) is 0 Å². The van der Waals surface area contributed by atoms with Crippen molar-refractivity contribution in [2.24, 2.45) is 0 Å². The first kappa shape index (κ1) is 14.8.